The van der Waals surface area contributed by atoms with Crippen LogP contribution in [0.25, 0.3) is 0 Å². The molecule has 0 radical (unpaired) electrons. The maximum Gasteiger partial charge on any atom is 0.256 e. The SMILES string of the molecule is CCCCCCCCCCCCC[n+]1ccn(CCCCCCCCCCCC)c1CCCCC. The lowest BCUT2D eigenvalue weighted by Gasteiger charge is -2.07. The van der Waals surface area contributed by atoms with E-state index in [-0.39, 0.29) is 0 Å². The second-order valence-electron chi connectivity index (χ2n) is 11.3. The van der Waals surface area contributed by atoms with Crippen LogP contribution in [0.3, 0.4) is 0 Å². The summed E-state index contributed by atoms with van der Waals surface area (Å²) in [4.78, 5) is 0. The zero-order chi connectivity index (χ0) is 25.2. The molecule has 0 amide bonds. The standard InChI is InChI=1S/C33H65N2/c1-4-7-10-12-14-16-18-20-22-24-27-30-35-32-31-34(33(35)28-25-9-6-3)29-26-23-21-19-17-15-13-11-8-5-2/h31-32H,4-30H2,1-3H3/q+1. The number of hydrogen-bond acceptors (Lipinski definition) is 0. The smallest absolute Gasteiger partial charge is 0.234 e. The maximum absolute atomic E-state index is 2.60. The van der Waals surface area contributed by atoms with Crippen LogP contribution in [0.15, 0.2) is 12.4 Å². The lowest BCUT2D eigenvalue weighted by Crippen LogP contribution is -2.37. The molecule has 0 fully saturated rings. The fourth-order valence-corrected chi connectivity index (χ4v) is 5.44. The normalized spacial score (nSPS) is 11.5. The van der Waals surface area contributed by atoms with E-state index >= 15 is 0 Å². The first-order valence-electron chi connectivity index (χ1n) is 16.4. The molecule has 0 aliphatic carbocycles. The molecular formula is C33H65N2+. The van der Waals surface area contributed by atoms with E-state index in [1.54, 1.807) is 5.82 Å². The lowest BCUT2D eigenvalue weighted by molar-refractivity contribution is -0.704. The van der Waals surface area contributed by atoms with E-state index in [1.807, 2.05) is 0 Å². The molecule has 0 spiro atoms. The minimum atomic E-state index is 1.23. The molecule has 1 heterocycles. The topological polar surface area (TPSA) is 8.81 Å². The average Bonchev–Trinajstić information content (AvgIpc) is 3.25. The van der Waals surface area contributed by atoms with Crippen LogP contribution in [-0.2, 0) is 19.5 Å². The highest BCUT2D eigenvalue weighted by atomic mass is 15.1. The zero-order valence-electron chi connectivity index (χ0n) is 24.6. The predicted molar refractivity (Wildman–Crippen MR) is 156 cm³/mol. The maximum atomic E-state index is 2.60. The van der Waals surface area contributed by atoms with Crippen LogP contribution in [-0.4, -0.2) is 4.57 Å². The summed E-state index contributed by atoms with van der Waals surface area (Å²) in [6.07, 6.45) is 40.0. The van der Waals surface area contributed by atoms with Crippen LogP contribution in [0.1, 0.15) is 181 Å². The van der Waals surface area contributed by atoms with Gasteiger partial charge in [-0.05, 0) is 32.1 Å². The molecule has 1 rings (SSSR count). The first kappa shape index (κ1) is 32.2. The third kappa shape index (κ3) is 18.2. The molecule has 2 nitrogen and oxygen atoms in total. The van der Waals surface area contributed by atoms with Gasteiger partial charge in [0.1, 0.15) is 12.4 Å². The summed E-state index contributed by atoms with van der Waals surface area (Å²) in [5.74, 6) is 1.60. The first-order chi connectivity index (χ1) is 17.3. The van der Waals surface area contributed by atoms with Gasteiger partial charge in [-0.25, -0.2) is 9.13 Å². The highest BCUT2D eigenvalue weighted by Gasteiger charge is 2.16. The van der Waals surface area contributed by atoms with Crippen molar-refractivity contribution in [1.82, 2.24) is 4.57 Å². The van der Waals surface area contributed by atoms with E-state index in [4.69, 9.17) is 0 Å². The molecule has 0 saturated carbocycles. The van der Waals surface area contributed by atoms with Crippen molar-refractivity contribution in [3.05, 3.63) is 18.2 Å². The first-order valence-corrected chi connectivity index (χ1v) is 16.4. The van der Waals surface area contributed by atoms with Gasteiger partial charge in [-0.15, -0.1) is 0 Å². The summed E-state index contributed by atoms with van der Waals surface area (Å²) in [7, 11) is 0. The molecule has 35 heavy (non-hydrogen) atoms. The van der Waals surface area contributed by atoms with Gasteiger partial charge in [0.15, 0.2) is 0 Å². The van der Waals surface area contributed by atoms with Crippen LogP contribution in [0, 0.1) is 0 Å². The number of imidazole rings is 1. The summed E-state index contributed by atoms with van der Waals surface area (Å²) >= 11 is 0. The van der Waals surface area contributed by atoms with Crippen molar-refractivity contribution in [2.75, 3.05) is 0 Å². The van der Waals surface area contributed by atoms with Crippen molar-refractivity contribution in [2.24, 2.45) is 0 Å². The highest BCUT2D eigenvalue weighted by molar-refractivity contribution is 4.84. The number of rotatable bonds is 27. The molecule has 206 valence electrons. The minimum absolute atomic E-state index is 1.23. The van der Waals surface area contributed by atoms with Gasteiger partial charge >= 0.3 is 0 Å². The van der Waals surface area contributed by atoms with E-state index in [0.29, 0.717) is 0 Å². The Kier molecular flexibility index (Phi) is 22.9. The van der Waals surface area contributed by atoms with E-state index < -0.39 is 0 Å². The van der Waals surface area contributed by atoms with Crippen molar-refractivity contribution < 1.29 is 4.57 Å². The Morgan fingerprint density at radius 3 is 1.37 bits per heavy atom. The Bertz CT molecular complexity index is 547. The lowest BCUT2D eigenvalue weighted by atomic mass is 10.1. The summed E-state index contributed by atoms with van der Waals surface area (Å²) < 4.78 is 5.19. The van der Waals surface area contributed by atoms with E-state index in [1.165, 1.54) is 174 Å². The third-order valence-electron chi connectivity index (χ3n) is 7.85. The Morgan fingerprint density at radius 1 is 0.486 bits per heavy atom. The van der Waals surface area contributed by atoms with Gasteiger partial charge in [0.2, 0.25) is 0 Å². The molecule has 1 aromatic rings. The molecule has 0 bridgehead atoms. The van der Waals surface area contributed by atoms with Gasteiger partial charge in [0.05, 0.1) is 13.1 Å². The number of aromatic nitrogens is 2. The fraction of sp³-hybridized carbons (Fsp3) is 0.909. The predicted octanol–water partition coefficient (Wildman–Crippen LogP) is 10.7. The van der Waals surface area contributed by atoms with Crippen molar-refractivity contribution in [3.63, 3.8) is 0 Å². The fourth-order valence-electron chi connectivity index (χ4n) is 5.44. The number of nitrogens with zero attached hydrogens (tertiary/aromatic N) is 2. The molecule has 0 N–H and O–H groups in total. The van der Waals surface area contributed by atoms with E-state index in [2.05, 4.69) is 42.3 Å². The average molecular weight is 490 g/mol. The van der Waals surface area contributed by atoms with Crippen molar-refractivity contribution in [3.8, 4) is 0 Å². The van der Waals surface area contributed by atoms with Crippen LogP contribution in [0.5, 0.6) is 0 Å². The van der Waals surface area contributed by atoms with Crippen molar-refractivity contribution >= 4 is 0 Å². The molecule has 2 heteroatoms. The number of unbranched alkanes of at least 4 members (excludes halogenated alkanes) is 21. The zero-order valence-corrected chi connectivity index (χ0v) is 24.6. The second kappa shape index (κ2) is 24.9. The van der Waals surface area contributed by atoms with Gasteiger partial charge in [-0.3, -0.25) is 0 Å². The van der Waals surface area contributed by atoms with Gasteiger partial charge in [-0.2, -0.15) is 0 Å². The molecule has 0 unspecified atom stereocenters. The molecule has 0 aliphatic heterocycles. The Morgan fingerprint density at radius 2 is 0.886 bits per heavy atom. The van der Waals surface area contributed by atoms with Crippen LogP contribution >= 0.6 is 0 Å². The van der Waals surface area contributed by atoms with Gasteiger partial charge in [0.25, 0.3) is 5.82 Å². The molecule has 0 atom stereocenters. The molecule has 0 saturated heterocycles. The van der Waals surface area contributed by atoms with Crippen molar-refractivity contribution in [1.29, 1.82) is 0 Å². The van der Waals surface area contributed by atoms with Crippen LogP contribution in [0.4, 0.5) is 0 Å². The van der Waals surface area contributed by atoms with E-state index in [9.17, 15) is 0 Å². The monoisotopic (exact) mass is 490 g/mol. The molecule has 1 aromatic heterocycles. The third-order valence-corrected chi connectivity index (χ3v) is 7.85. The van der Waals surface area contributed by atoms with E-state index in [0.717, 1.165) is 0 Å². The van der Waals surface area contributed by atoms with Gasteiger partial charge in [-0.1, -0.05) is 143 Å². The number of hydrogen-bond donors (Lipinski definition) is 0. The minimum Gasteiger partial charge on any atom is -0.234 e. The van der Waals surface area contributed by atoms with Crippen LogP contribution < -0.4 is 4.57 Å². The largest absolute Gasteiger partial charge is 0.256 e. The van der Waals surface area contributed by atoms with Gasteiger partial charge in [0, 0.05) is 6.42 Å². The molecule has 0 aromatic carbocycles. The second-order valence-corrected chi connectivity index (χ2v) is 11.3. The molecule has 0 aliphatic rings. The van der Waals surface area contributed by atoms with Crippen LogP contribution in [0.2, 0.25) is 0 Å². The number of aryl methyl sites for hydroxylation is 2. The quantitative estimate of drug-likeness (QED) is 0.0858. The highest BCUT2D eigenvalue weighted by Crippen LogP contribution is 2.13. The summed E-state index contributed by atoms with van der Waals surface area (Å²) in [5, 5.41) is 0. The summed E-state index contributed by atoms with van der Waals surface area (Å²) in [6.45, 7) is 9.38. The van der Waals surface area contributed by atoms with Gasteiger partial charge < -0.3 is 0 Å². The summed E-state index contributed by atoms with van der Waals surface area (Å²) in [6, 6.07) is 0. The molecular weight excluding hydrogens is 424 g/mol. The summed E-state index contributed by atoms with van der Waals surface area (Å²) in [5.41, 5.74) is 0. The van der Waals surface area contributed by atoms with Crippen molar-refractivity contribution in [2.45, 2.75) is 194 Å². The Labute approximate surface area is 221 Å². The Balaban J connectivity index is 2.21. The Hall–Kier alpha value is -0.790.